The number of carboxylic acids is 1. The average Bonchev–Trinajstić information content (AvgIpc) is 2.35. The summed E-state index contributed by atoms with van der Waals surface area (Å²) in [5.74, 6) is -0.615. The summed E-state index contributed by atoms with van der Waals surface area (Å²) in [6, 6.07) is 2.80. The van der Waals surface area contributed by atoms with Crippen LogP contribution in [-0.2, 0) is 4.79 Å². The molecule has 0 spiro atoms. The number of hydrogen-bond acceptors (Lipinski definition) is 5. The van der Waals surface area contributed by atoms with Gasteiger partial charge in [0, 0.05) is 17.5 Å². The SMILES string of the molecule is Cc1cc([N+](=O)[O-])c(NCC(=O)O)cc1OCCBr. The fourth-order valence-electron chi connectivity index (χ4n) is 1.44. The van der Waals surface area contributed by atoms with Gasteiger partial charge in [0.2, 0.25) is 0 Å². The number of hydrogen-bond donors (Lipinski definition) is 2. The molecule has 0 saturated heterocycles. The maximum Gasteiger partial charge on any atom is 0.322 e. The topological polar surface area (TPSA) is 102 Å². The summed E-state index contributed by atoms with van der Waals surface area (Å²) < 4.78 is 5.41. The van der Waals surface area contributed by atoms with Gasteiger partial charge in [-0.2, -0.15) is 0 Å². The molecule has 0 aliphatic heterocycles. The van der Waals surface area contributed by atoms with Crippen LogP contribution in [0.2, 0.25) is 0 Å². The minimum absolute atomic E-state index is 0.127. The van der Waals surface area contributed by atoms with Crippen LogP contribution in [0.15, 0.2) is 12.1 Å². The molecule has 7 nitrogen and oxygen atoms in total. The Balaban J connectivity index is 3.07. The zero-order chi connectivity index (χ0) is 14.4. The molecule has 0 atom stereocenters. The van der Waals surface area contributed by atoms with Crippen molar-refractivity contribution in [3.05, 3.63) is 27.8 Å². The van der Waals surface area contributed by atoms with E-state index >= 15 is 0 Å². The van der Waals surface area contributed by atoms with E-state index in [1.807, 2.05) is 0 Å². The fraction of sp³-hybridized carbons (Fsp3) is 0.364. The number of alkyl halides is 1. The van der Waals surface area contributed by atoms with Crippen LogP contribution < -0.4 is 10.1 Å². The third kappa shape index (κ3) is 4.40. The number of nitro groups is 1. The highest BCUT2D eigenvalue weighted by Crippen LogP contribution is 2.32. The number of nitrogens with one attached hydrogen (secondary N) is 1. The molecule has 1 aromatic carbocycles. The van der Waals surface area contributed by atoms with E-state index in [1.165, 1.54) is 12.1 Å². The zero-order valence-electron chi connectivity index (χ0n) is 10.2. The van der Waals surface area contributed by atoms with Crippen molar-refractivity contribution < 1.29 is 19.6 Å². The third-order valence-electron chi connectivity index (χ3n) is 2.25. The second-order valence-electron chi connectivity index (χ2n) is 3.68. The van der Waals surface area contributed by atoms with Gasteiger partial charge in [-0.25, -0.2) is 0 Å². The minimum atomic E-state index is -1.10. The van der Waals surface area contributed by atoms with Gasteiger partial charge < -0.3 is 15.2 Å². The third-order valence-corrected chi connectivity index (χ3v) is 2.58. The summed E-state index contributed by atoms with van der Waals surface area (Å²) in [5.41, 5.74) is 0.570. The smallest absolute Gasteiger partial charge is 0.322 e. The second-order valence-corrected chi connectivity index (χ2v) is 4.47. The van der Waals surface area contributed by atoms with Gasteiger partial charge in [-0.1, -0.05) is 15.9 Å². The highest BCUT2D eigenvalue weighted by molar-refractivity contribution is 9.09. The Morgan fingerprint density at radius 2 is 2.26 bits per heavy atom. The van der Waals surface area contributed by atoms with Crippen LogP contribution in [0.3, 0.4) is 0 Å². The van der Waals surface area contributed by atoms with Gasteiger partial charge in [0.05, 0.1) is 11.5 Å². The summed E-state index contributed by atoms with van der Waals surface area (Å²) in [7, 11) is 0. The molecule has 0 unspecified atom stereocenters. The number of anilines is 1. The monoisotopic (exact) mass is 332 g/mol. The summed E-state index contributed by atoms with van der Waals surface area (Å²) >= 11 is 3.21. The van der Waals surface area contributed by atoms with E-state index in [4.69, 9.17) is 9.84 Å². The van der Waals surface area contributed by atoms with Crippen molar-refractivity contribution in [2.24, 2.45) is 0 Å². The summed E-state index contributed by atoms with van der Waals surface area (Å²) in [6.07, 6.45) is 0. The van der Waals surface area contributed by atoms with E-state index in [2.05, 4.69) is 21.2 Å². The summed E-state index contributed by atoms with van der Waals surface area (Å²) in [5, 5.41) is 22.6. The van der Waals surface area contributed by atoms with Crippen LogP contribution in [-0.4, -0.2) is 34.5 Å². The van der Waals surface area contributed by atoms with Crippen LogP contribution in [0.25, 0.3) is 0 Å². The molecule has 0 aliphatic carbocycles. The van der Waals surface area contributed by atoms with Gasteiger partial charge in [-0.3, -0.25) is 14.9 Å². The molecule has 8 heteroatoms. The van der Waals surface area contributed by atoms with E-state index in [1.54, 1.807) is 6.92 Å². The number of benzene rings is 1. The lowest BCUT2D eigenvalue weighted by Crippen LogP contribution is -2.13. The Morgan fingerprint density at radius 1 is 1.58 bits per heavy atom. The van der Waals surface area contributed by atoms with Crippen molar-refractivity contribution in [1.82, 2.24) is 0 Å². The van der Waals surface area contributed by atoms with Crippen LogP contribution in [0.5, 0.6) is 5.75 Å². The zero-order valence-corrected chi connectivity index (χ0v) is 11.8. The lowest BCUT2D eigenvalue weighted by Gasteiger charge is -2.11. The fourth-order valence-corrected chi connectivity index (χ4v) is 1.60. The normalized spacial score (nSPS) is 10.0. The van der Waals surface area contributed by atoms with Crippen molar-refractivity contribution in [3.8, 4) is 5.75 Å². The van der Waals surface area contributed by atoms with Gasteiger partial charge in [0.25, 0.3) is 5.69 Å². The highest BCUT2D eigenvalue weighted by atomic mass is 79.9. The molecule has 1 rings (SSSR count). The van der Waals surface area contributed by atoms with Gasteiger partial charge in [0.15, 0.2) is 0 Å². The first kappa shape index (κ1) is 15.2. The van der Waals surface area contributed by atoms with Crippen molar-refractivity contribution in [1.29, 1.82) is 0 Å². The van der Waals surface area contributed by atoms with Crippen LogP contribution >= 0.6 is 15.9 Å². The summed E-state index contributed by atoms with van der Waals surface area (Å²) in [6.45, 7) is 1.70. The van der Waals surface area contributed by atoms with Crippen LogP contribution in [0.4, 0.5) is 11.4 Å². The van der Waals surface area contributed by atoms with Crippen LogP contribution in [0.1, 0.15) is 5.56 Å². The molecule has 0 saturated carbocycles. The molecule has 19 heavy (non-hydrogen) atoms. The number of nitro benzene ring substituents is 1. The second kappa shape index (κ2) is 6.93. The number of aryl methyl sites for hydroxylation is 1. The Labute approximate surface area is 117 Å². The number of nitrogens with zero attached hydrogens (tertiary/aromatic N) is 1. The standard InChI is InChI=1S/C11H13BrN2O5/c1-7-4-9(14(17)18)8(13-6-11(15)16)5-10(7)19-3-2-12/h4-5,13H,2-3,6H2,1H3,(H,15,16). The first-order chi connectivity index (χ1) is 8.95. The maximum absolute atomic E-state index is 10.9. The van der Waals surface area contributed by atoms with E-state index in [-0.39, 0.29) is 11.4 Å². The van der Waals surface area contributed by atoms with Gasteiger partial charge in [-0.15, -0.1) is 0 Å². The van der Waals surface area contributed by atoms with Crippen LogP contribution in [0, 0.1) is 17.0 Å². The quantitative estimate of drug-likeness (QED) is 0.450. The molecular weight excluding hydrogens is 320 g/mol. The van der Waals surface area contributed by atoms with E-state index in [9.17, 15) is 14.9 Å². The molecule has 0 aliphatic rings. The van der Waals surface area contributed by atoms with Crippen molar-refractivity contribution >= 4 is 33.3 Å². The maximum atomic E-state index is 10.9. The van der Waals surface area contributed by atoms with Crippen molar-refractivity contribution in [3.63, 3.8) is 0 Å². The average molecular weight is 333 g/mol. The van der Waals surface area contributed by atoms with Gasteiger partial charge >= 0.3 is 5.97 Å². The predicted molar refractivity (Wildman–Crippen MR) is 73.2 cm³/mol. The van der Waals surface area contributed by atoms with Gasteiger partial charge in [-0.05, 0) is 12.5 Å². The largest absolute Gasteiger partial charge is 0.492 e. The highest BCUT2D eigenvalue weighted by Gasteiger charge is 2.17. The number of carbonyl (C=O) groups is 1. The number of aliphatic carboxylic acids is 1. The first-order valence-electron chi connectivity index (χ1n) is 5.39. The van der Waals surface area contributed by atoms with E-state index < -0.39 is 17.4 Å². The van der Waals surface area contributed by atoms with Gasteiger partial charge in [0.1, 0.15) is 18.0 Å². The molecule has 0 aromatic heterocycles. The Hall–Kier alpha value is -1.83. The number of halogens is 1. The molecular formula is C11H13BrN2O5. The van der Waals surface area contributed by atoms with E-state index in [0.717, 1.165) is 0 Å². The molecule has 104 valence electrons. The Kier molecular flexibility index (Phi) is 5.56. The molecule has 0 radical (unpaired) electrons. The number of carboxylic acid groups (broad SMARTS) is 1. The Morgan fingerprint density at radius 3 is 2.79 bits per heavy atom. The molecule has 0 bridgehead atoms. The molecule has 1 aromatic rings. The number of ether oxygens (including phenoxy) is 1. The Bertz CT molecular complexity index is 492. The molecule has 0 fully saturated rings. The lowest BCUT2D eigenvalue weighted by molar-refractivity contribution is -0.384. The van der Waals surface area contributed by atoms with Crippen molar-refractivity contribution in [2.75, 3.05) is 23.8 Å². The first-order valence-corrected chi connectivity index (χ1v) is 6.51. The molecule has 0 amide bonds. The number of rotatable bonds is 7. The van der Waals surface area contributed by atoms with E-state index in [0.29, 0.717) is 23.2 Å². The summed E-state index contributed by atoms with van der Waals surface area (Å²) in [4.78, 5) is 20.9. The van der Waals surface area contributed by atoms with Crippen molar-refractivity contribution in [2.45, 2.75) is 6.92 Å². The minimum Gasteiger partial charge on any atom is -0.492 e. The predicted octanol–water partition coefficient (Wildman–Crippen LogP) is 2.17. The molecule has 0 heterocycles. The molecule has 2 N–H and O–H groups in total. The lowest BCUT2D eigenvalue weighted by atomic mass is 10.1.